The molecule has 3 heteroatoms. The molecule has 2 aliphatic rings. The molecule has 2 fully saturated rings. The molecule has 3 nitrogen and oxygen atoms in total. The van der Waals surface area contributed by atoms with Gasteiger partial charge in [-0.05, 0) is 45.1 Å². The minimum atomic E-state index is 0.232. The van der Waals surface area contributed by atoms with E-state index in [1.165, 1.54) is 44.9 Å². The number of hydrogen-bond acceptors (Lipinski definition) is 2. The average molecular weight is 266 g/mol. The predicted octanol–water partition coefficient (Wildman–Crippen LogP) is 2.99. The van der Waals surface area contributed by atoms with Crippen molar-refractivity contribution in [3.63, 3.8) is 0 Å². The van der Waals surface area contributed by atoms with Gasteiger partial charge in [0, 0.05) is 18.5 Å². The van der Waals surface area contributed by atoms with Crippen molar-refractivity contribution in [2.45, 2.75) is 83.2 Å². The van der Waals surface area contributed by atoms with E-state index in [9.17, 15) is 4.79 Å². The van der Waals surface area contributed by atoms with Crippen LogP contribution in [0.2, 0.25) is 0 Å². The SMILES string of the molecule is CC(CCC1CCCCC1)NC(=O)CC1CCCN1. The summed E-state index contributed by atoms with van der Waals surface area (Å²) in [6, 6.07) is 0.765. The lowest BCUT2D eigenvalue weighted by Crippen LogP contribution is -2.37. The number of rotatable bonds is 6. The Morgan fingerprint density at radius 3 is 2.68 bits per heavy atom. The Kier molecular flexibility index (Phi) is 6.15. The first-order chi connectivity index (χ1) is 9.24. The molecule has 1 saturated heterocycles. The molecule has 0 aromatic carbocycles. The van der Waals surface area contributed by atoms with E-state index in [2.05, 4.69) is 17.6 Å². The molecule has 0 spiro atoms. The molecule has 2 atom stereocenters. The van der Waals surface area contributed by atoms with E-state index >= 15 is 0 Å². The highest BCUT2D eigenvalue weighted by Gasteiger charge is 2.19. The van der Waals surface area contributed by atoms with Crippen molar-refractivity contribution in [2.24, 2.45) is 5.92 Å². The first-order valence-corrected chi connectivity index (χ1v) is 8.27. The summed E-state index contributed by atoms with van der Waals surface area (Å²) in [7, 11) is 0. The molecule has 1 saturated carbocycles. The molecule has 2 N–H and O–H groups in total. The van der Waals surface area contributed by atoms with Gasteiger partial charge < -0.3 is 10.6 Å². The first-order valence-electron chi connectivity index (χ1n) is 8.27. The Bertz CT molecular complexity index is 268. The minimum Gasteiger partial charge on any atom is -0.354 e. The maximum absolute atomic E-state index is 11.9. The van der Waals surface area contributed by atoms with E-state index in [4.69, 9.17) is 0 Å². The molecule has 1 heterocycles. The molecule has 1 amide bonds. The second-order valence-electron chi connectivity index (χ2n) is 6.55. The van der Waals surface area contributed by atoms with E-state index in [0.29, 0.717) is 18.5 Å². The van der Waals surface area contributed by atoms with Gasteiger partial charge in [-0.25, -0.2) is 0 Å². The normalized spacial score (nSPS) is 26.3. The van der Waals surface area contributed by atoms with Gasteiger partial charge in [0.15, 0.2) is 0 Å². The van der Waals surface area contributed by atoms with Crippen molar-refractivity contribution in [1.82, 2.24) is 10.6 Å². The summed E-state index contributed by atoms with van der Waals surface area (Å²) >= 11 is 0. The van der Waals surface area contributed by atoms with E-state index in [0.717, 1.165) is 25.3 Å². The Morgan fingerprint density at radius 2 is 2.00 bits per heavy atom. The van der Waals surface area contributed by atoms with Gasteiger partial charge in [0.2, 0.25) is 5.91 Å². The van der Waals surface area contributed by atoms with Gasteiger partial charge in [0.05, 0.1) is 0 Å². The van der Waals surface area contributed by atoms with Gasteiger partial charge in [-0.2, -0.15) is 0 Å². The zero-order valence-electron chi connectivity index (χ0n) is 12.4. The van der Waals surface area contributed by atoms with Crippen LogP contribution in [0.25, 0.3) is 0 Å². The van der Waals surface area contributed by atoms with Gasteiger partial charge in [-0.15, -0.1) is 0 Å². The quantitative estimate of drug-likeness (QED) is 0.776. The third-order valence-corrected chi connectivity index (χ3v) is 4.73. The highest BCUT2D eigenvalue weighted by Crippen LogP contribution is 2.27. The summed E-state index contributed by atoms with van der Waals surface area (Å²) in [5.41, 5.74) is 0. The molecule has 110 valence electrons. The molecule has 1 aliphatic heterocycles. The average Bonchev–Trinajstić information content (AvgIpc) is 2.90. The summed E-state index contributed by atoms with van der Waals surface area (Å²) in [5.74, 6) is 1.15. The molecule has 2 unspecified atom stereocenters. The van der Waals surface area contributed by atoms with Gasteiger partial charge in [-0.3, -0.25) is 4.79 Å². The maximum Gasteiger partial charge on any atom is 0.221 e. The zero-order valence-corrected chi connectivity index (χ0v) is 12.4. The molecule has 0 aromatic rings. The van der Waals surface area contributed by atoms with E-state index in [1.54, 1.807) is 0 Å². The molecule has 19 heavy (non-hydrogen) atoms. The molecular formula is C16H30N2O. The van der Waals surface area contributed by atoms with Gasteiger partial charge in [0.1, 0.15) is 0 Å². The van der Waals surface area contributed by atoms with Crippen molar-refractivity contribution >= 4 is 5.91 Å². The van der Waals surface area contributed by atoms with Gasteiger partial charge in [0.25, 0.3) is 0 Å². The number of carbonyl (C=O) groups is 1. The van der Waals surface area contributed by atoms with Crippen LogP contribution in [0.5, 0.6) is 0 Å². The predicted molar refractivity (Wildman–Crippen MR) is 79.1 cm³/mol. The Labute approximate surface area is 117 Å². The molecule has 2 rings (SSSR count). The van der Waals surface area contributed by atoms with Crippen LogP contribution in [-0.2, 0) is 4.79 Å². The van der Waals surface area contributed by atoms with Gasteiger partial charge in [-0.1, -0.05) is 32.1 Å². The molecule has 0 aromatic heterocycles. The molecular weight excluding hydrogens is 236 g/mol. The third kappa shape index (κ3) is 5.52. The number of carbonyl (C=O) groups excluding carboxylic acids is 1. The number of hydrogen-bond donors (Lipinski definition) is 2. The highest BCUT2D eigenvalue weighted by atomic mass is 16.1. The highest BCUT2D eigenvalue weighted by molar-refractivity contribution is 5.76. The lowest BCUT2D eigenvalue weighted by atomic mass is 9.85. The van der Waals surface area contributed by atoms with Crippen LogP contribution in [0.1, 0.15) is 71.1 Å². The standard InChI is InChI=1S/C16H30N2O/c1-13(9-10-14-6-3-2-4-7-14)18-16(19)12-15-8-5-11-17-15/h13-15,17H,2-12H2,1H3,(H,18,19). The van der Waals surface area contributed by atoms with E-state index in [-0.39, 0.29) is 5.91 Å². The lowest BCUT2D eigenvalue weighted by molar-refractivity contribution is -0.122. The van der Waals surface area contributed by atoms with Crippen LogP contribution >= 0.6 is 0 Å². The molecule has 0 radical (unpaired) electrons. The van der Waals surface area contributed by atoms with Crippen LogP contribution in [0.15, 0.2) is 0 Å². The minimum absolute atomic E-state index is 0.232. The van der Waals surface area contributed by atoms with Crippen LogP contribution in [0, 0.1) is 5.92 Å². The monoisotopic (exact) mass is 266 g/mol. The second-order valence-corrected chi connectivity index (χ2v) is 6.55. The fraction of sp³-hybridized carbons (Fsp3) is 0.938. The van der Waals surface area contributed by atoms with Crippen molar-refractivity contribution < 1.29 is 4.79 Å². The summed E-state index contributed by atoms with van der Waals surface area (Å²) in [4.78, 5) is 11.9. The largest absolute Gasteiger partial charge is 0.354 e. The molecule has 1 aliphatic carbocycles. The van der Waals surface area contributed by atoms with Crippen molar-refractivity contribution in [1.29, 1.82) is 0 Å². The summed E-state index contributed by atoms with van der Waals surface area (Å²) < 4.78 is 0. The number of nitrogens with one attached hydrogen (secondary N) is 2. The Hall–Kier alpha value is -0.570. The zero-order chi connectivity index (χ0) is 13.5. The molecule has 0 bridgehead atoms. The first kappa shape index (κ1) is 14.8. The second kappa shape index (κ2) is 7.88. The smallest absolute Gasteiger partial charge is 0.221 e. The van der Waals surface area contributed by atoms with Crippen LogP contribution in [0.4, 0.5) is 0 Å². The number of amides is 1. The lowest BCUT2D eigenvalue weighted by Gasteiger charge is -2.23. The topological polar surface area (TPSA) is 41.1 Å². The third-order valence-electron chi connectivity index (χ3n) is 4.73. The van der Waals surface area contributed by atoms with E-state index < -0.39 is 0 Å². The fourth-order valence-electron chi connectivity index (χ4n) is 3.52. The van der Waals surface area contributed by atoms with Crippen molar-refractivity contribution in [2.75, 3.05) is 6.54 Å². The maximum atomic E-state index is 11.9. The summed E-state index contributed by atoms with van der Waals surface area (Å²) in [5, 5.41) is 6.55. The Balaban J connectivity index is 1.57. The van der Waals surface area contributed by atoms with E-state index in [1.807, 2.05) is 0 Å². The van der Waals surface area contributed by atoms with Crippen LogP contribution in [-0.4, -0.2) is 24.5 Å². The van der Waals surface area contributed by atoms with Crippen LogP contribution < -0.4 is 10.6 Å². The Morgan fingerprint density at radius 1 is 1.21 bits per heavy atom. The summed E-state index contributed by atoms with van der Waals surface area (Å²) in [6.45, 7) is 3.23. The summed E-state index contributed by atoms with van der Waals surface area (Å²) in [6.07, 6.45) is 12.6. The van der Waals surface area contributed by atoms with Crippen LogP contribution in [0.3, 0.4) is 0 Å². The van der Waals surface area contributed by atoms with Crippen molar-refractivity contribution in [3.8, 4) is 0 Å². The fourth-order valence-corrected chi connectivity index (χ4v) is 3.52. The van der Waals surface area contributed by atoms with Crippen molar-refractivity contribution in [3.05, 3.63) is 0 Å². The van der Waals surface area contributed by atoms with Gasteiger partial charge >= 0.3 is 0 Å².